The highest BCUT2D eigenvalue weighted by Crippen LogP contribution is 2.22. The topological polar surface area (TPSA) is 79.0 Å². The average molecular weight is 354 g/mol. The molecule has 0 bridgehead atoms. The lowest BCUT2D eigenvalue weighted by atomic mass is 10.1. The van der Waals surface area contributed by atoms with E-state index in [0.29, 0.717) is 16.6 Å². The van der Waals surface area contributed by atoms with Crippen molar-refractivity contribution in [3.05, 3.63) is 52.1 Å². The van der Waals surface area contributed by atoms with E-state index in [2.05, 4.69) is 10.2 Å². The zero-order chi connectivity index (χ0) is 19.1. The van der Waals surface area contributed by atoms with E-state index in [4.69, 9.17) is 4.74 Å². The van der Waals surface area contributed by atoms with Crippen LogP contribution in [-0.4, -0.2) is 32.1 Å². The van der Waals surface area contributed by atoms with Crippen molar-refractivity contribution in [2.24, 2.45) is 0 Å². The van der Waals surface area contributed by atoms with Crippen LogP contribution >= 0.6 is 0 Å². The minimum absolute atomic E-state index is 0.235. The van der Waals surface area contributed by atoms with Gasteiger partial charge in [-0.3, -0.25) is 4.79 Å². The second-order valence-electron chi connectivity index (χ2n) is 6.69. The Morgan fingerprint density at radius 2 is 1.92 bits per heavy atom. The van der Waals surface area contributed by atoms with Crippen LogP contribution in [0.4, 0.5) is 0 Å². The second kappa shape index (κ2) is 6.40. The number of aryl methyl sites for hydroxylation is 2. The Labute approximate surface area is 151 Å². The maximum atomic E-state index is 13.2. The molecule has 0 aliphatic heterocycles. The first-order valence-electron chi connectivity index (χ1n) is 8.50. The van der Waals surface area contributed by atoms with Gasteiger partial charge in [0.1, 0.15) is 5.52 Å². The summed E-state index contributed by atoms with van der Waals surface area (Å²) in [5.41, 5.74) is 1.20. The summed E-state index contributed by atoms with van der Waals surface area (Å²) in [6.07, 6.45) is 1.63. The molecule has 0 amide bonds. The van der Waals surface area contributed by atoms with E-state index in [-0.39, 0.29) is 12.2 Å². The Balaban J connectivity index is 2.32. The highest BCUT2D eigenvalue weighted by Gasteiger charge is 2.35. The fourth-order valence-electron chi connectivity index (χ4n) is 2.93. The number of hydrogen-bond acceptors (Lipinski definition) is 5. The largest absolute Gasteiger partial charge is 0.464 e. The van der Waals surface area contributed by atoms with E-state index in [0.717, 1.165) is 11.3 Å². The van der Waals surface area contributed by atoms with E-state index in [9.17, 15) is 9.59 Å². The SMILES string of the molecule is CCOC(=O)C(C)(C)n1nc(C)c2cnn(-c3ccccc3C)c2c1=O. The first-order valence-corrected chi connectivity index (χ1v) is 8.50. The number of nitrogens with zero attached hydrogens (tertiary/aromatic N) is 4. The van der Waals surface area contributed by atoms with Gasteiger partial charge in [0.05, 0.1) is 24.2 Å². The van der Waals surface area contributed by atoms with Crippen LogP contribution in [0, 0.1) is 13.8 Å². The fraction of sp³-hybridized carbons (Fsp3) is 0.368. The van der Waals surface area contributed by atoms with Crippen LogP contribution in [-0.2, 0) is 15.1 Å². The molecule has 2 heterocycles. The lowest BCUT2D eigenvalue weighted by Gasteiger charge is -2.24. The van der Waals surface area contributed by atoms with Gasteiger partial charge in [-0.25, -0.2) is 14.2 Å². The van der Waals surface area contributed by atoms with Crippen LogP contribution in [0.2, 0.25) is 0 Å². The first kappa shape index (κ1) is 17.8. The number of esters is 1. The van der Waals surface area contributed by atoms with E-state index in [1.165, 1.54) is 4.68 Å². The van der Waals surface area contributed by atoms with Gasteiger partial charge in [-0.05, 0) is 46.2 Å². The second-order valence-corrected chi connectivity index (χ2v) is 6.69. The number of para-hydroxylation sites is 1. The van der Waals surface area contributed by atoms with Crippen LogP contribution in [0.15, 0.2) is 35.3 Å². The van der Waals surface area contributed by atoms with E-state index >= 15 is 0 Å². The van der Waals surface area contributed by atoms with E-state index in [1.807, 2.05) is 31.2 Å². The highest BCUT2D eigenvalue weighted by atomic mass is 16.5. The normalized spacial score (nSPS) is 11.7. The summed E-state index contributed by atoms with van der Waals surface area (Å²) in [6.45, 7) is 8.96. The summed E-state index contributed by atoms with van der Waals surface area (Å²) < 4.78 is 7.93. The molecule has 0 spiro atoms. The number of aromatic nitrogens is 4. The lowest BCUT2D eigenvalue weighted by molar-refractivity contribution is -0.152. The quantitative estimate of drug-likeness (QED) is 0.673. The number of carbonyl (C=O) groups is 1. The van der Waals surface area contributed by atoms with Crippen molar-refractivity contribution in [1.82, 2.24) is 19.6 Å². The number of fused-ring (bicyclic) bond motifs is 1. The van der Waals surface area contributed by atoms with Crippen molar-refractivity contribution >= 4 is 16.9 Å². The van der Waals surface area contributed by atoms with Gasteiger partial charge in [0.2, 0.25) is 0 Å². The standard InChI is InChI=1S/C19H22N4O3/c1-6-26-18(25)19(4,5)23-17(24)16-14(13(3)21-23)11-20-22(16)15-10-8-7-9-12(15)2/h7-11H,6H2,1-5H3. The molecule has 0 saturated carbocycles. The molecule has 7 nitrogen and oxygen atoms in total. The predicted molar refractivity (Wildman–Crippen MR) is 98.6 cm³/mol. The number of ether oxygens (including phenoxy) is 1. The molecular formula is C19H22N4O3. The summed E-state index contributed by atoms with van der Waals surface area (Å²) in [7, 11) is 0. The van der Waals surface area contributed by atoms with Gasteiger partial charge in [0.25, 0.3) is 5.56 Å². The molecule has 0 radical (unpaired) electrons. The van der Waals surface area contributed by atoms with Crippen molar-refractivity contribution in [2.45, 2.75) is 40.2 Å². The lowest BCUT2D eigenvalue weighted by Crippen LogP contribution is -2.45. The summed E-state index contributed by atoms with van der Waals surface area (Å²) in [6, 6.07) is 7.68. The number of benzene rings is 1. The number of carbonyl (C=O) groups excluding carboxylic acids is 1. The van der Waals surface area contributed by atoms with Crippen molar-refractivity contribution < 1.29 is 9.53 Å². The predicted octanol–water partition coefficient (Wildman–Crippen LogP) is 2.50. The Hall–Kier alpha value is -2.96. The summed E-state index contributed by atoms with van der Waals surface area (Å²) >= 11 is 0. The molecule has 1 aromatic carbocycles. The van der Waals surface area contributed by atoms with Crippen molar-refractivity contribution in [2.75, 3.05) is 6.61 Å². The maximum absolute atomic E-state index is 13.2. The molecule has 136 valence electrons. The third kappa shape index (κ3) is 2.69. The zero-order valence-corrected chi connectivity index (χ0v) is 15.6. The minimum Gasteiger partial charge on any atom is -0.464 e. The summed E-state index contributed by atoms with van der Waals surface area (Å²) in [5.74, 6) is -0.504. The molecule has 0 atom stereocenters. The van der Waals surface area contributed by atoms with Gasteiger partial charge in [-0.15, -0.1) is 0 Å². The van der Waals surface area contributed by atoms with Crippen molar-refractivity contribution in [1.29, 1.82) is 0 Å². The first-order chi connectivity index (χ1) is 12.3. The molecule has 0 N–H and O–H groups in total. The monoisotopic (exact) mass is 354 g/mol. The Bertz CT molecular complexity index is 1050. The van der Waals surface area contributed by atoms with Gasteiger partial charge in [-0.2, -0.15) is 10.2 Å². The Morgan fingerprint density at radius 1 is 1.23 bits per heavy atom. The van der Waals surface area contributed by atoms with Crippen molar-refractivity contribution in [3.8, 4) is 5.69 Å². The zero-order valence-electron chi connectivity index (χ0n) is 15.6. The highest BCUT2D eigenvalue weighted by molar-refractivity contribution is 5.83. The van der Waals surface area contributed by atoms with Crippen LogP contribution in [0.3, 0.4) is 0 Å². The Kier molecular flexibility index (Phi) is 4.39. The van der Waals surface area contributed by atoms with E-state index < -0.39 is 11.5 Å². The van der Waals surface area contributed by atoms with Crippen LogP contribution in [0.5, 0.6) is 0 Å². The molecule has 0 saturated heterocycles. The third-order valence-electron chi connectivity index (χ3n) is 4.45. The van der Waals surface area contributed by atoms with E-state index in [1.54, 1.807) is 38.6 Å². The fourth-order valence-corrected chi connectivity index (χ4v) is 2.93. The van der Waals surface area contributed by atoms with Gasteiger partial charge < -0.3 is 4.74 Å². The van der Waals surface area contributed by atoms with Crippen LogP contribution in [0.1, 0.15) is 32.0 Å². The van der Waals surface area contributed by atoms with Gasteiger partial charge >= 0.3 is 5.97 Å². The molecule has 3 aromatic rings. The molecule has 26 heavy (non-hydrogen) atoms. The van der Waals surface area contributed by atoms with Crippen LogP contribution in [0.25, 0.3) is 16.6 Å². The molecule has 7 heteroatoms. The van der Waals surface area contributed by atoms with Gasteiger partial charge in [0.15, 0.2) is 5.54 Å². The number of hydrogen-bond donors (Lipinski definition) is 0. The third-order valence-corrected chi connectivity index (χ3v) is 4.45. The van der Waals surface area contributed by atoms with Crippen molar-refractivity contribution in [3.63, 3.8) is 0 Å². The Morgan fingerprint density at radius 3 is 2.58 bits per heavy atom. The maximum Gasteiger partial charge on any atom is 0.333 e. The molecule has 2 aromatic heterocycles. The summed E-state index contributed by atoms with van der Waals surface area (Å²) in [4.78, 5) is 25.6. The van der Waals surface area contributed by atoms with Crippen LogP contribution < -0.4 is 5.56 Å². The average Bonchev–Trinajstić information content (AvgIpc) is 3.04. The molecule has 3 rings (SSSR count). The summed E-state index contributed by atoms with van der Waals surface area (Å²) in [5, 5.41) is 9.42. The van der Waals surface area contributed by atoms with Gasteiger partial charge in [0, 0.05) is 5.39 Å². The van der Waals surface area contributed by atoms with Gasteiger partial charge in [-0.1, -0.05) is 18.2 Å². The molecule has 0 aliphatic rings. The molecule has 0 fully saturated rings. The minimum atomic E-state index is -1.23. The molecule has 0 unspecified atom stereocenters. The number of rotatable bonds is 4. The molecular weight excluding hydrogens is 332 g/mol. The smallest absolute Gasteiger partial charge is 0.333 e. The molecule has 0 aliphatic carbocycles.